The second-order valence-corrected chi connectivity index (χ2v) is 5.97. The van der Waals surface area contributed by atoms with E-state index in [2.05, 4.69) is 0 Å². The molecular formula is C17H20O10. The fourth-order valence-corrected chi connectivity index (χ4v) is 2.81. The molecule has 0 bridgehead atoms. The lowest BCUT2D eigenvalue weighted by molar-refractivity contribution is -0.277. The molecule has 5 N–H and O–H groups in total. The van der Waals surface area contributed by atoms with E-state index < -0.39 is 48.7 Å². The Morgan fingerprint density at radius 1 is 1.15 bits per heavy atom. The largest absolute Gasteiger partial charge is 0.499 e. The first-order chi connectivity index (χ1) is 12.9. The van der Waals surface area contributed by atoms with Crippen LogP contribution in [0, 0.1) is 0 Å². The van der Waals surface area contributed by atoms with Gasteiger partial charge in [-0.15, -0.1) is 0 Å². The number of aliphatic hydroxyl groups excluding tert-OH is 4. The Kier molecular flexibility index (Phi) is 5.53. The van der Waals surface area contributed by atoms with Crippen molar-refractivity contribution in [1.82, 2.24) is 0 Å². The number of benzene rings is 1. The topological polar surface area (TPSA) is 159 Å². The SMILES string of the molecule is CCOc1c(O)c(=O)oc2cc(O[C@@H]3O[C@H](CO)[C@@H](O)[C@H](O)[C@@H]3O)ccc12. The maximum Gasteiger partial charge on any atom is 0.382 e. The summed E-state index contributed by atoms with van der Waals surface area (Å²) < 4.78 is 21.0. The summed E-state index contributed by atoms with van der Waals surface area (Å²) >= 11 is 0. The van der Waals surface area contributed by atoms with Gasteiger partial charge in [0.2, 0.25) is 12.0 Å². The second kappa shape index (κ2) is 7.71. The average molecular weight is 384 g/mol. The van der Waals surface area contributed by atoms with Crippen molar-refractivity contribution in [3.05, 3.63) is 28.6 Å². The van der Waals surface area contributed by atoms with Crippen molar-refractivity contribution in [1.29, 1.82) is 0 Å². The maximum absolute atomic E-state index is 11.8. The molecule has 1 aromatic heterocycles. The molecule has 27 heavy (non-hydrogen) atoms. The minimum atomic E-state index is -1.58. The maximum atomic E-state index is 11.8. The van der Waals surface area contributed by atoms with E-state index in [4.69, 9.17) is 18.6 Å². The van der Waals surface area contributed by atoms with Crippen molar-refractivity contribution in [3.63, 3.8) is 0 Å². The summed E-state index contributed by atoms with van der Waals surface area (Å²) in [7, 11) is 0. The third-order valence-electron chi connectivity index (χ3n) is 4.20. The fourth-order valence-electron chi connectivity index (χ4n) is 2.81. The van der Waals surface area contributed by atoms with Gasteiger partial charge in [0.25, 0.3) is 0 Å². The minimum absolute atomic E-state index is 0.0249. The quantitative estimate of drug-likeness (QED) is 0.408. The lowest BCUT2D eigenvalue weighted by Gasteiger charge is -2.39. The van der Waals surface area contributed by atoms with E-state index >= 15 is 0 Å². The van der Waals surface area contributed by atoms with Crippen LogP contribution in [-0.2, 0) is 4.74 Å². The molecule has 1 aliphatic heterocycles. The van der Waals surface area contributed by atoms with Gasteiger partial charge in [0.15, 0.2) is 5.75 Å². The van der Waals surface area contributed by atoms with Crippen LogP contribution in [0.4, 0.5) is 0 Å². The van der Waals surface area contributed by atoms with Gasteiger partial charge in [-0.2, -0.15) is 0 Å². The number of aromatic hydroxyl groups is 1. The Bertz CT molecular complexity index is 861. The van der Waals surface area contributed by atoms with Crippen molar-refractivity contribution in [2.24, 2.45) is 0 Å². The molecule has 1 aliphatic rings. The minimum Gasteiger partial charge on any atom is -0.499 e. The van der Waals surface area contributed by atoms with Gasteiger partial charge in [-0.1, -0.05) is 0 Å². The molecule has 10 heteroatoms. The molecule has 2 aromatic rings. The van der Waals surface area contributed by atoms with Crippen molar-refractivity contribution in [2.75, 3.05) is 13.2 Å². The summed E-state index contributed by atoms with van der Waals surface area (Å²) in [6.45, 7) is 1.32. The highest BCUT2D eigenvalue weighted by Gasteiger charge is 2.44. The van der Waals surface area contributed by atoms with E-state index in [-0.39, 0.29) is 23.7 Å². The lowest BCUT2D eigenvalue weighted by atomic mass is 9.99. The van der Waals surface area contributed by atoms with Gasteiger partial charge in [0.1, 0.15) is 35.7 Å². The van der Waals surface area contributed by atoms with Gasteiger partial charge < -0.3 is 44.2 Å². The Hall–Kier alpha value is -2.37. The van der Waals surface area contributed by atoms with E-state index in [0.717, 1.165) is 0 Å². The Balaban J connectivity index is 1.92. The second-order valence-electron chi connectivity index (χ2n) is 5.97. The summed E-state index contributed by atoms with van der Waals surface area (Å²) in [5.74, 6) is -0.557. The molecule has 10 nitrogen and oxygen atoms in total. The van der Waals surface area contributed by atoms with Crippen molar-refractivity contribution < 1.29 is 44.2 Å². The number of hydrogen-bond donors (Lipinski definition) is 5. The smallest absolute Gasteiger partial charge is 0.382 e. The summed E-state index contributed by atoms with van der Waals surface area (Å²) in [6, 6.07) is 4.24. The summed E-state index contributed by atoms with van der Waals surface area (Å²) in [5, 5.41) is 49.0. The van der Waals surface area contributed by atoms with E-state index in [1.165, 1.54) is 18.2 Å². The number of hydrogen-bond acceptors (Lipinski definition) is 10. The molecule has 0 spiro atoms. The van der Waals surface area contributed by atoms with Crippen molar-refractivity contribution in [3.8, 4) is 17.2 Å². The van der Waals surface area contributed by atoms with E-state index in [9.17, 15) is 30.3 Å². The summed E-state index contributed by atoms with van der Waals surface area (Å²) in [4.78, 5) is 11.8. The molecule has 1 aromatic carbocycles. The highest BCUT2D eigenvalue weighted by molar-refractivity contribution is 5.86. The zero-order valence-corrected chi connectivity index (χ0v) is 14.3. The zero-order valence-electron chi connectivity index (χ0n) is 14.3. The van der Waals surface area contributed by atoms with Gasteiger partial charge in [0, 0.05) is 6.07 Å². The van der Waals surface area contributed by atoms with E-state index in [1.54, 1.807) is 6.92 Å². The van der Waals surface area contributed by atoms with E-state index in [1.807, 2.05) is 0 Å². The van der Waals surface area contributed by atoms with Crippen molar-refractivity contribution >= 4 is 11.0 Å². The highest BCUT2D eigenvalue weighted by Crippen LogP contribution is 2.34. The van der Waals surface area contributed by atoms with Crippen LogP contribution in [0.25, 0.3) is 11.0 Å². The normalized spacial score (nSPS) is 28.3. The van der Waals surface area contributed by atoms with Crippen LogP contribution >= 0.6 is 0 Å². The molecule has 5 atom stereocenters. The van der Waals surface area contributed by atoms with Crippen LogP contribution in [0.3, 0.4) is 0 Å². The van der Waals surface area contributed by atoms with Gasteiger partial charge >= 0.3 is 5.63 Å². The van der Waals surface area contributed by atoms with Crippen LogP contribution in [0.5, 0.6) is 17.2 Å². The van der Waals surface area contributed by atoms with Crippen molar-refractivity contribution in [2.45, 2.75) is 37.6 Å². The molecule has 2 heterocycles. The molecule has 1 saturated heterocycles. The molecule has 0 amide bonds. The number of ether oxygens (including phenoxy) is 3. The third-order valence-corrected chi connectivity index (χ3v) is 4.20. The molecule has 0 radical (unpaired) electrons. The standard InChI is InChI=1S/C17H20O10/c1-2-24-15-8-4-3-7(5-9(8)26-16(23)14(15)22)25-17-13(21)12(20)11(19)10(6-18)27-17/h3-5,10-13,17-22H,2,6H2,1H3/t10-,11-,12+,13+,17-/m1/s1. The predicted octanol–water partition coefficient (Wildman–Crippen LogP) is -0.924. The predicted molar refractivity (Wildman–Crippen MR) is 89.7 cm³/mol. The van der Waals surface area contributed by atoms with Crippen LogP contribution in [0.1, 0.15) is 6.92 Å². The molecule has 3 rings (SSSR count). The lowest BCUT2D eigenvalue weighted by Crippen LogP contribution is -2.60. The van der Waals surface area contributed by atoms with Crippen LogP contribution < -0.4 is 15.1 Å². The van der Waals surface area contributed by atoms with E-state index in [0.29, 0.717) is 5.39 Å². The van der Waals surface area contributed by atoms with Crippen LogP contribution in [-0.4, -0.2) is 69.5 Å². The Morgan fingerprint density at radius 2 is 1.89 bits per heavy atom. The highest BCUT2D eigenvalue weighted by atomic mass is 16.7. The molecule has 0 unspecified atom stereocenters. The molecule has 0 aliphatic carbocycles. The molecule has 148 valence electrons. The third kappa shape index (κ3) is 3.57. The Morgan fingerprint density at radius 3 is 2.56 bits per heavy atom. The van der Waals surface area contributed by atoms with Crippen LogP contribution in [0.2, 0.25) is 0 Å². The van der Waals surface area contributed by atoms with Crippen LogP contribution in [0.15, 0.2) is 27.4 Å². The van der Waals surface area contributed by atoms with Gasteiger partial charge in [-0.3, -0.25) is 0 Å². The average Bonchev–Trinajstić information content (AvgIpc) is 2.65. The summed E-state index contributed by atoms with van der Waals surface area (Å²) in [5.41, 5.74) is -0.931. The fraction of sp³-hybridized carbons (Fsp3) is 0.471. The first-order valence-electron chi connectivity index (χ1n) is 8.27. The van der Waals surface area contributed by atoms with Gasteiger partial charge in [-0.25, -0.2) is 4.79 Å². The molecule has 0 saturated carbocycles. The first kappa shape index (κ1) is 19.4. The number of rotatable bonds is 5. The first-order valence-corrected chi connectivity index (χ1v) is 8.27. The zero-order chi connectivity index (χ0) is 19.7. The molecule has 1 fully saturated rings. The van der Waals surface area contributed by atoms with Gasteiger partial charge in [-0.05, 0) is 19.1 Å². The molecular weight excluding hydrogens is 364 g/mol. The number of aliphatic hydroxyl groups is 4. The van der Waals surface area contributed by atoms with Gasteiger partial charge in [0.05, 0.1) is 18.6 Å². The summed E-state index contributed by atoms with van der Waals surface area (Å²) in [6.07, 6.45) is -7.16. The Labute approximate surface area is 152 Å². The monoisotopic (exact) mass is 384 g/mol. The number of fused-ring (bicyclic) bond motifs is 1.